The molecule has 0 saturated carbocycles. The maximum absolute atomic E-state index is 9.72. The van der Waals surface area contributed by atoms with E-state index in [9.17, 15) is 4.79 Å². The molecule has 0 spiro atoms. The van der Waals surface area contributed by atoms with Crippen LogP contribution in [0.3, 0.4) is 0 Å². The molecule has 0 atom stereocenters. The first kappa shape index (κ1) is 7.95. The molecule has 9 heavy (non-hydrogen) atoms. The van der Waals surface area contributed by atoms with E-state index in [0.29, 0.717) is 0 Å². The van der Waals surface area contributed by atoms with Crippen molar-refractivity contribution in [1.82, 2.24) is 4.90 Å². The Morgan fingerprint density at radius 2 is 1.78 bits per heavy atom. The summed E-state index contributed by atoms with van der Waals surface area (Å²) in [7, 11) is 3.84. The van der Waals surface area contributed by atoms with E-state index in [4.69, 9.17) is 0 Å². The van der Waals surface area contributed by atoms with E-state index in [-0.39, 0.29) is 0 Å². The lowest BCUT2D eigenvalue weighted by atomic mass is 10.5. The topological polar surface area (TPSA) is 20.3 Å². The average molecular weight is 125 g/mol. The molecular weight excluding hydrogens is 114 g/mol. The second-order valence-electron chi connectivity index (χ2n) is 1.83. The lowest BCUT2D eigenvalue weighted by Gasteiger charge is -2.00. The zero-order valence-electron chi connectivity index (χ0n) is 5.74. The fourth-order valence-electron chi connectivity index (χ4n) is 0.331. The number of carbonyl (C=O) groups is 1. The number of carbonyl (C=O) groups excluding carboxylic acids is 1. The third-order valence-corrected chi connectivity index (χ3v) is 0.685. The second-order valence-corrected chi connectivity index (χ2v) is 1.83. The van der Waals surface area contributed by atoms with Crippen LogP contribution in [-0.2, 0) is 4.79 Å². The molecule has 0 fully saturated rings. The van der Waals surface area contributed by atoms with Gasteiger partial charge in [-0.1, -0.05) is 6.08 Å². The lowest BCUT2D eigenvalue weighted by Crippen LogP contribution is -1.99. The average Bonchev–Trinajstić information content (AvgIpc) is 1.80. The number of nitrogens with zero attached hydrogens (tertiary/aromatic N) is 1. The Morgan fingerprint density at radius 3 is 2.22 bits per heavy atom. The molecule has 50 valence electrons. The highest BCUT2D eigenvalue weighted by molar-refractivity contribution is 5.65. The maximum Gasteiger partial charge on any atom is 0.142 e. The van der Waals surface area contributed by atoms with Gasteiger partial charge in [0, 0.05) is 14.1 Å². The predicted octanol–water partition coefficient (Wildman–Crippen LogP) is 0.817. The van der Waals surface area contributed by atoms with Gasteiger partial charge in [-0.3, -0.25) is 4.79 Å². The first-order valence-corrected chi connectivity index (χ1v) is 2.72. The molecule has 2 nitrogen and oxygen atoms in total. The molecule has 0 aliphatic carbocycles. The van der Waals surface area contributed by atoms with Gasteiger partial charge in [-0.15, -0.1) is 0 Å². The number of hydrogen-bond acceptors (Lipinski definition) is 2. The molecule has 0 amide bonds. The Balaban J connectivity index is 3.46. The van der Waals surface area contributed by atoms with E-state index in [1.54, 1.807) is 12.2 Å². The van der Waals surface area contributed by atoms with Crippen molar-refractivity contribution in [3.8, 4) is 0 Å². The van der Waals surface area contributed by atoms with Crippen LogP contribution in [0.4, 0.5) is 0 Å². The molecule has 0 rings (SSSR count). The van der Waals surface area contributed by atoms with E-state index < -0.39 is 0 Å². The minimum atomic E-state index is 0.750. The lowest BCUT2D eigenvalue weighted by molar-refractivity contribution is -0.104. The normalized spacial score (nSPS) is 10.9. The standard InChI is InChI=1S/C7H11NO/c1-8(2)6-4-3-5-7-9/h3-7H,1-2H3/b5-3-,6-4-. The Kier molecular flexibility index (Phi) is 4.50. The zero-order valence-corrected chi connectivity index (χ0v) is 5.74. The Morgan fingerprint density at radius 1 is 1.11 bits per heavy atom. The molecule has 0 aliphatic heterocycles. The van der Waals surface area contributed by atoms with E-state index in [0.717, 1.165) is 6.29 Å². The van der Waals surface area contributed by atoms with E-state index in [1.165, 1.54) is 6.08 Å². The van der Waals surface area contributed by atoms with E-state index in [2.05, 4.69) is 0 Å². The summed E-state index contributed by atoms with van der Waals surface area (Å²) >= 11 is 0. The molecule has 0 bridgehead atoms. The van der Waals surface area contributed by atoms with Gasteiger partial charge in [0.1, 0.15) is 6.29 Å². The van der Waals surface area contributed by atoms with Gasteiger partial charge < -0.3 is 4.90 Å². The summed E-state index contributed by atoms with van der Waals surface area (Å²) in [6.45, 7) is 0. The monoisotopic (exact) mass is 125 g/mol. The predicted molar refractivity (Wildman–Crippen MR) is 38.0 cm³/mol. The third kappa shape index (κ3) is 6.95. The summed E-state index contributed by atoms with van der Waals surface area (Å²) in [5.74, 6) is 0. The molecule has 0 aliphatic rings. The van der Waals surface area contributed by atoms with Gasteiger partial charge in [-0.2, -0.15) is 0 Å². The molecule has 2 heteroatoms. The molecule has 0 aromatic heterocycles. The quantitative estimate of drug-likeness (QED) is 0.316. The fraction of sp³-hybridized carbons (Fsp3) is 0.286. The van der Waals surface area contributed by atoms with Gasteiger partial charge in [0.15, 0.2) is 0 Å². The highest BCUT2D eigenvalue weighted by Crippen LogP contribution is 1.77. The van der Waals surface area contributed by atoms with Crippen molar-refractivity contribution in [3.63, 3.8) is 0 Å². The third-order valence-electron chi connectivity index (χ3n) is 0.685. The molecule has 0 aromatic carbocycles. The SMILES string of the molecule is CN(C)/C=C\C=C/C=O. The molecule has 0 N–H and O–H groups in total. The number of aldehydes is 1. The number of rotatable bonds is 3. The van der Waals surface area contributed by atoms with Crippen LogP contribution in [0.2, 0.25) is 0 Å². The van der Waals surface area contributed by atoms with Crippen molar-refractivity contribution in [2.45, 2.75) is 0 Å². The van der Waals surface area contributed by atoms with Crippen molar-refractivity contribution >= 4 is 6.29 Å². The van der Waals surface area contributed by atoms with Crippen LogP contribution in [-0.4, -0.2) is 25.3 Å². The van der Waals surface area contributed by atoms with Gasteiger partial charge in [0.25, 0.3) is 0 Å². The van der Waals surface area contributed by atoms with Crippen LogP contribution < -0.4 is 0 Å². The van der Waals surface area contributed by atoms with Crippen LogP contribution in [0.5, 0.6) is 0 Å². The van der Waals surface area contributed by atoms with Gasteiger partial charge in [-0.05, 0) is 18.4 Å². The summed E-state index contributed by atoms with van der Waals surface area (Å²) in [5, 5.41) is 0. The van der Waals surface area contributed by atoms with E-state index >= 15 is 0 Å². The molecule has 0 saturated heterocycles. The maximum atomic E-state index is 9.72. The van der Waals surface area contributed by atoms with Crippen molar-refractivity contribution in [2.24, 2.45) is 0 Å². The summed E-state index contributed by atoms with van der Waals surface area (Å²) < 4.78 is 0. The Labute approximate surface area is 55.5 Å². The molecule has 0 aromatic rings. The zero-order chi connectivity index (χ0) is 7.11. The summed E-state index contributed by atoms with van der Waals surface area (Å²) in [5.41, 5.74) is 0. The largest absolute Gasteiger partial charge is 0.383 e. The van der Waals surface area contributed by atoms with Crippen molar-refractivity contribution in [2.75, 3.05) is 14.1 Å². The molecule has 0 unspecified atom stereocenters. The second kappa shape index (κ2) is 5.09. The molecular formula is C7H11NO. The fourth-order valence-corrected chi connectivity index (χ4v) is 0.331. The number of hydrogen-bond donors (Lipinski definition) is 0. The summed E-state index contributed by atoms with van der Waals surface area (Å²) in [6.07, 6.45) is 7.54. The summed E-state index contributed by atoms with van der Waals surface area (Å²) in [4.78, 5) is 11.6. The first-order valence-electron chi connectivity index (χ1n) is 2.72. The van der Waals surface area contributed by atoms with Crippen LogP contribution >= 0.6 is 0 Å². The Bertz CT molecular complexity index is 125. The van der Waals surface area contributed by atoms with Crippen LogP contribution in [0.25, 0.3) is 0 Å². The minimum Gasteiger partial charge on any atom is -0.383 e. The van der Waals surface area contributed by atoms with E-state index in [1.807, 2.05) is 25.2 Å². The first-order chi connectivity index (χ1) is 4.27. The highest BCUT2D eigenvalue weighted by atomic mass is 16.1. The molecule has 0 radical (unpaired) electrons. The van der Waals surface area contributed by atoms with Gasteiger partial charge in [-0.25, -0.2) is 0 Å². The number of allylic oxidation sites excluding steroid dienone is 3. The highest BCUT2D eigenvalue weighted by Gasteiger charge is 1.69. The van der Waals surface area contributed by atoms with Gasteiger partial charge in [0.2, 0.25) is 0 Å². The Hall–Kier alpha value is -1.05. The van der Waals surface area contributed by atoms with Crippen LogP contribution in [0, 0.1) is 0 Å². The van der Waals surface area contributed by atoms with Crippen molar-refractivity contribution in [1.29, 1.82) is 0 Å². The van der Waals surface area contributed by atoms with Crippen molar-refractivity contribution in [3.05, 3.63) is 24.4 Å². The minimum absolute atomic E-state index is 0.750. The van der Waals surface area contributed by atoms with Gasteiger partial charge in [0.05, 0.1) is 0 Å². The van der Waals surface area contributed by atoms with Crippen LogP contribution in [0.15, 0.2) is 24.4 Å². The summed E-state index contributed by atoms with van der Waals surface area (Å²) in [6, 6.07) is 0. The smallest absolute Gasteiger partial charge is 0.142 e. The van der Waals surface area contributed by atoms with Gasteiger partial charge >= 0.3 is 0 Å². The van der Waals surface area contributed by atoms with Crippen molar-refractivity contribution < 1.29 is 4.79 Å². The molecule has 0 heterocycles. The van der Waals surface area contributed by atoms with Crippen LogP contribution in [0.1, 0.15) is 0 Å².